The molecular weight excluding hydrogens is 1640 g/mol. The number of allylic oxidation sites excluding steroid dienone is 5. The predicted molar refractivity (Wildman–Crippen MR) is 472 cm³/mol. The Hall–Kier alpha value is -9.01. The van der Waals surface area contributed by atoms with Crippen LogP contribution in [0.5, 0.6) is 0 Å². The molecule has 16 atom stereocenters. The van der Waals surface area contributed by atoms with Crippen LogP contribution in [0.3, 0.4) is 0 Å². The number of carbonyl (C=O) groups is 6. The number of carbonyl (C=O) groups excluding carboxylic acids is 6. The Morgan fingerprint density at radius 1 is 0.724 bits per heavy atom. The second-order valence-corrected chi connectivity index (χ2v) is 33.5. The number of benzene rings is 2. The van der Waals surface area contributed by atoms with Crippen molar-refractivity contribution in [2.75, 3.05) is 145 Å². The van der Waals surface area contributed by atoms with Crippen molar-refractivity contribution < 1.29 is 110 Å². The highest BCUT2D eigenvalue weighted by Gasteiger charge is 2.53. The number of esters is 2. The van der Waals surface area contributed by atoms with Crippen LogP contribution in [0.15, 0.2) is 106 Å². The SMILES string of the molecule is CO[C@H]1C[C@@H]2CC[C@@H](C)[C@@](O)(O2)C(=O)C(=O)N2CCCC[C@H]2C(=O)O[C@H]([C@H](C)C[C@@H]2CC[C@@H](OC(=O)CCCOCCOCCOCCOCCOCCOCCOCCOCCC(=O)NCc3ccc(Cn4nc(-c5ccc6oc(N)nc6c5)c5c(N)ncnc54)cc3)[C@H](OC)C2)C[C@H](N=[N+]=[N-])[C@H](C)/C=C(\C)[C@@H](O)[C@@H](OC)C(=O)[C@H](C)C[C@H](C)/C=C/C=C/C=C/1C. The number of nitrogens with two attached hydrogens (primary N) is 2. The molecule has 3 fully saturated rings. The molecule has 3 aliphatic heterocycles. The number of aliphatic hydroxyl groups excluding tert-OH is 1. The molecule has 700 valence electrons. The third-order valence-corrected chi connectivity index (χ3v) is 23.9. The second kappa shape index (κ2) is 53.2. The predicted octanol–water partition coefficient (Wildman–Crippen LogP) is 10.6. The molecular formula is C92H134N12O23. The van der Waals surface area contributed by atoms with Gasteiger partial charge in [0, 0.05) is 88.6 Å². The highest BCUT2D eigenvalue weighted by atomic mass is 16.6. The number of fused-ring (bicyclic) bond motifs is 5. The van der Waals surface area contributed by atoms with Crippen LogP contribution < -0.4 is 16.8 Å². The summed E-state index contributed by atoms with van der Waals surface area (Å²) in [6, 6.07) is 11.4. The van der Waals surface area contributed by atoms with Gasteiger partial charge in [0.1, 0.15) is 53.8 Å². The molecule has 2 aromatic carbocycles. The maximum Gasteiger partial charge on any atom is 0.329 e. The van der Waals surface area contributed by atoms with Gasteiger partial charge >= 0.3 is 11.9 Å². The number of anilines is 2. The average Bonchev–Trinajstić information content (AvgIpc) is 1.64. The summed E-state index contributed by atoms with van der Waals surface area (Å²) >= 11 is 0. The van der Waals surface area contributed by atoms with Crippen LogP contribution in [-0.2, 0) is 108 Å². The van der Waals surface area contributed by atoms with Gasteiger partial charge in [-0.2, -0.15) is 10.1 Å². The number of hydrogen-bond acceptors (Lipinski definition) is 30. The van der Waals surface area contributed by atoms with Crippen LogP contribution in [-0.4, -0.2) is 269 Å². The first-order chi connectivity index (χ1) is 61.3. The van der Waals surface area contributed by atoms with E-state index >= 15 is 0 Å². The Balaban J connectivity index is 0.606. The Morgan fingerprint density at radius 2 is 1.38 bits per heavy atom. The monoisotopic (exact) mass is 1770 g/mol. The average molecular weight is 1780 g/mol. The molecule has 3 aromatic heterocycles. The van der Waals surface area contributed by atoms with Gasteiger partial charge in [0.2, 0.25) is 11.7 Å². The third-order valence-electron chi connectivity index (χ3n) is 23.9. The van der Waals surface area contributed by atoms with E-state index in [0.29, 0.717) is 216 Å². The fourth-order valence-corrected chi connectivity index (χ4v) is 16.6. The number of aliphatic hydroxyl groups is 2. The topological polar surface area (TPSA) is 458 Å². The van der Waals surface area contributed by atoms with E-state index in [9.17, 15) is 44.5 Å². The zero-order chi connectivity index (χ0) is 91.2. The molecule has 4 aliphatic rings. The van der Waals surface area contributed by atoms with Crippen molar-refractivity contribution in [2.45, 2.75) is 218 Å². The number of nitrogen functional groups attached to an aromatic ring is 2. The zero-order valence-corrected chi connectivity index (χ0v) is 75.4. The van der Waals surface area contributed by atoms with Crippen LogP contribution in [0.2, 0.25) is 0 Å². The molecule has 0 radical (unpaired) electrons. The lowest BCUT2D eigenvalue weighted by Crippen LogP contribution is -2.61. The van der Waals surface area contributed by atoms with Gasteiger partial charge < -0.3 is 103 Å². The van der Waals surface area contributed by atoms with Gasteiger partial charge in [0.05, 0.1) is 129 Å². The molecule has 35 nitrogen and oxygen atoms in total. The zero-order valence-electron chi connectivity index (χ0n) is 75.4. The number of nitrogens with one attached hydrogen (secondary N) is 1. The van der Waals surface area contributed by atoms with Crippen molar-refractivity contribution in [1.29, 1.82) is 0 Å². The van der Waals surface area contributed by atoms with E-state index in [4.69, 9.17) is 87.3 Å². The number of oxazole rings is 1. The number of ether oxygens (including phenoxy) is 14. The van der Waals surface area contributed by atoms with Crippen molar-refractivity contribution in [3.63, 3.8) is 0 Å². The molecule has 9 rings (SSSR count). The molecule has 6 heterocycles. The van der Waals surface area contributed by atoms with Gasteiger partial charge in [-0.25, -0.2) is 19.4 Å². The number of rotatable bonds is 41. The molecule has 2 saturated heterocycles. The number of piperidine rings is 1. The summed E-state index contributed by atoms with van der Waals surface area (Å²) in [6.45, 7) is 19.6. The Bertz CT molecular complexity index is 4460. The number of cyclic esters (lactones) is 1. The van der Waals surface area contributed by atoms with Gasteiger partial charge in [-0.05, 0) is 161 Å². The van der Waals surface area contributed by atoms with Crippen molar-refractivity contribution in [2.24, 2.45) is 40.6 Å². The Kier molecular flexibility index (Phi) is 42.6. The van der Waals surface area contributed by atoms with Crippen molar-refractivity contribution in [1.82, 2.24) is 34.9 Å². The van der Waals surface area contributed by atoms with Crippen molar-refractivity contribution >= 4 is 69.3 Å². The van der Waals surface area contributed by atoms with E-state index in [1.807, 2.05) is 101 Å². The van der Waals surface area contributed by atoms with Gasteiger partial charge in [-0.3, -0.25) is 24.0 Å². The number of methoxy groups -OCH3 is 3. The van der Waals surface area contributed by atoms with E-state index in [0.717, 1.165) is 22.3 Å². The molecule has 7 N–H and O–H groups in total. The minimum absolute atomic E-state index is 0.00231. The molecule has 127 heavy (non-hydrogen) atoms. The molecule has 35 heteroatoms. The number of azide groups is 1. The largest absolute Gasteiger partial charge is 0.461 e. The second-order valence-electron chi connectivity index (χ2n) is 33.5. The molecule has 0 spiro atoms. The normalized spacial score (nSPS) is 26.9. The van der Waals surface area contributed by atoms with E-state index in [-0.39, 0.29) is 80.8 Å². The summed E-state index contributed by atoms with van der Waals surface area (Å²) in [6.07, 6.45) is 13.0. The summed E-state index contributed by atoms with van der Waals surface area (Å²) in [7, 11) is 4.53. The van der Waals surface area contributed by atoms with Gasteiger partial charge in [0.15, 0.2) is 17.0 Å². The van der Waals surface area contributed by atoms with E-state index in [1.54, 1.807) is 44.9 Å². The van der Waals surface area contributed by atoms with Crippen LogP contribution in [0.25, 0.3) is 43.8 Å². The van der Waals surface area contributed by atoms with Crippen LogP contribution in [0.4, 0.5) is 11.8 Å². The lowest BCUT2D eigenvalue weighted by Gasteiger charge is -2.43. The van der Waals surface area contributed by atoms with Crippen molar-refractivity contribution in [3.05, 3.63) is 118 Å². The Morgan fingerprint density at radius 3 is 2.02 bits per heavy atom. The first kappa shape index (κ1) is 102. The highest BCUT2D eigenvalue weighted by Crippen LogP contribution is 2.40. The lowest BCUT2D eigenvalue weighted by atomic mass is 9.78. The molecule has 1 aliphatic carbocycles. The molecule has 0 unspecified atom stereocenters. The lowest BCUT2D eigenvalue weighted by molar-refractivity contribution is -0.265. The van der Waals surface area contributed by atoms with E-state index in [2.05, 4.69) is 30.3 Å². The quantitative estimate of drug-likeness (QED) is 0.00461. The fourth-order valence-electron chi connectivity index (χ4n) is 16.6. The van der Waals surface area contributed by atoms with Gasteiger partial charge in [-0.15, -0.1) is 0 Å². The minimum Gasteiger partial charge on any atom is -0.461 e. The summed E-state index contributed by atoms with van der Waals surface area (Å²) in [4.78, 5) is 101. The fraction of sp³-hybridized carbons (Fsp3) is 0.652. The smallest absolute Gasteiger partial charge is 0.329 e. The number of ketones is 2. The first-order valence-electron chi connectivity index (χ1n) is 44.6. The summed E-state index contributed by atoms with van der Waals surface area (Å²) in [5.41, 5.74) is 28.5. The number of nitrogens with zero attached hydrogens (tertiary/aromatic N) is 9. The minimum atomic E-state index is -2.48. The van der Waals surface area contributed by atoms with E-state index < -0.39 is 102 Å². The third kappa shape index (κ3) is 31.4. The number of Topliss-reactive ketones (excluding diaryl/α,β-unsaturated/α-hetero) is 2. The summed E-state index contributed by atoms with van der Waals surface area (Å²) in [5, 5.41) is 36.6. The summed E-state index contributed by atoms with van der Waals surface area (Å²) in [5.74, 6) is -8.16. The summed E-state index contributed by atoms with van der Waals surface area (Å²) < 4.78 is 88.6. The first-order valence-corrected chi connectivity index (χ1v) is 44.6. The van der Waals surface area contributed by atoms with Crippen LogP contribution >= 0.6 is 0 Å². The molecule has 5 aromatic rings. The van der Waals surface area contributed by atoms with Crippen LogP contribution in [0, 0.1) is 35.5 Å². The maximum atomic E-state index is 14.9. The maximum absolute atomic E-state index is 14.9. The van der Waals surface area contributed by atoms with Crippen molar-refractivity contribution in [3.8, 4) is 11.3 Å². The molecule has 2 amide bonds. The Labute approximate surface area is 743 Å². The number of hydrogen-bond donors (Lipinski definition) is 5. The number of aromatic nitrogens is 5. The van der Waals surface area contributed by atoms with E-state index in [1.165, 1.54) is 18.3 Å². The van der Waals surface area contributed by atoms with Gasteiger partial charge in [0.25, 0.3) is 17.7 Å². The standard InChI is InChI=1S/C92H134N12O23/c1-59-17-12-11-13-18-60(2)76(113-8)54-70-28-21-65(7)92(112,127-70)86(109)89(110)103-32-15-14-19-73(103)90(111)125-77(55-71(100-102-95)61(3)50-64(6)84(108)85(115-10)83(107)63(5)49-59)62(4)51-68-26-29-75(78(52-68)114-9)124-80(106)20-16-33-116-35-37-118-39-41-120-43-45-122-47-48-123-46-44-121-42-40-119-38-36-117-34-31-79(105)96-56-66-22-24-67(25-23-66)57-104-88-81(87(93)97-58-98-88)82(101-104)69-27-30-74-72(53-69)99-91(94)126-74/h11-13,17-18,22-25,27,30,50,53,58-59,61-63,65,68,70-71,73,75-78,84-85,108,112H,14-16,19-21,26,28-29,31-49,51-52,54-57H2,1-10H3,(H2,94,99)(H,96,105)(H2,93,97,98)/b13-11+,17-12+,60-18+,64-50+/t59-,61-,62-,63-,65-,68+,70+,71+,73+,75-,76+,77+,78-,84-,85+,92-/m1/s1. The molecule has 1 saturated carbocycles. The molecule has 2 bridgehead atoms. The highest BCUT2D eigenvalue weighted by molar-refractivity contribution is 6.39. The number of amides is 2. The van der Waals surface area contributed by atoms with Crippen LogP contribution in [0.1, 0.15) is 156 Å². The van der Waals surface area contributed by atoms with Gasteiger partial charge in [-0.1, -0.05) is 100 Å².